The van der Waals surface area contributed by atoms with E-state index >= 15 is 0 Å². The molecule has 2 fully saturated rings. The fourth-order valence-corrected chi connectivity index (χ4v) is 6.68. The fraction of sp³-hybridized carbons (Fsp3) is 0.562. The molecule has 1 saturated carbocycles. The number of aromatic nitrogens is 1. The Morgan fingerprint density at radius 2 is 1.82 bits per heavy atom. The van der Waals surface area contributed by atoms with Crippen LogP contribution < -0.4 is 10.6 Å². The summed E-state index contributed by atoms with van der Waals surface area (Å²) in [5.41, 5.74) is 2.74. The minimum atomic E-state index is -0.739. The van der Waals surface area contributed by atoms with Crippen molar-refractivity contribution in [1.82, 2.24) is 20.7 Å². The highest BCUT2D eigenvalue weighted by Gasteiger charge is 2.41. The molecule has 3 aliphatic rings. The Bertz CT molecular complexity index is 1210. The molecular weight excluding hydrogens is 504 g/mol. The van der Waals surface area contributed by atoms with Gasteiger partial charge in [-0.1, -0.05) is 93.9 Å². The highest BCUT2D eigenvalue weighted by atomic mass is 16.5. The number of carbonyl (C=O) groups is 3. The normalized spacial score (nSPS) is 20.5. The maximum atomic E-state index is 13.9. The molecule has 5 rings (SSSR count). The Hall–Kier alpha value is -3.42. The first kappa shape index (κ1) is 28.1. The van der Waals surface area contributed by atoms with E-state index in [0.29, 0.717) is 25.4 Å². The second-order valence-corrected chi connectivity index (χ2v) is 11.9. The maximum absolute atomic E-state index is 13.9. The van der Waals surface area contributed by atoms with Crippen molar-refractivity contribution in [1.29, 1.82) is 0 Å². The summed E-state index contributed by atoms with van der Waals surface area (Å²) in [5, 5.41) is 9.69. The number of nitrogens with one attached hydrogen (secondary N) is 2. The molecule has 2 N–H and O–H groups in total. The van der Waals surface area contributed by atoms with Gasteiger partial charge in [-0.2, -0.15) is 0 Å². The number of piperidine rings is 1. The molecule has 2 heterocycles. The SMILES string of the molecule is CC[C@H](C)[C@H](NC(=O)[C@H](CC1CCCCC1)NC(=O)c1ccon1)C(=O)N1CCC2(C=Cc3ccccc32)CC1. The first-order chi connectivity index (χ1) is 19.4. The lowest BCUT2D eigenvalue weighted by molar-refractivity contribution is -0.139. The Labute approximate surface area is 236 Å². The molecule has 1 aromatic heterocycles. The Morgan fingerprint density at radius 1 is 1.07 bits per heavy atom. The van der Waals surface area contributed by atoms with Gasteiger partial charge in [0.1, 0.15) is 18.3 Å². The van der Waals surface area contributed by atoms with E-state index in [1.54, 1.807) is 0 Å². The third kappa shape index (κ3) is 6.01. The standard InChI is InChI=1S/C32H42N4O4/c1-3-22(2)28(31(39)36-18-16-32(17-19-36)15-13-24-11-7-8-12-25(24)32)34-30(38)27(21-23-9-5-4-6-10-23)33-29(37)26-14-20-40-35-26/h7-8,11-15,20,22-23,27-28H,3-6,9-10,16-19,21H2,1-2H3,(H,33,37)(H,34,38)/t22-,27-,28-/m0/s1. The molecule has 1 saturated heterocycles. The van der Waals surface area contributed by atoms with E-state index in [0.717, 1.165) is 44.9 Å². The van der Waals surface area contributed by atoms with Gasteiger partial charge >= 0.3 is 0 Å². The molecule has 8 heteroatoms. The summed E-state index contributed by atoms with van der Waals surface area (Å²) >= 11 is 0. The molecule has 1 aliphatic heterocycles. The molecule has 0 bridgehead atoms. The minimum Gasteiger partial charge on any atom is -0.364 e. The molecule has 3 atom stereocenters. The van der Waals surface area contributed by atoms with Crippen molar-refractivity contribution in [3.05, 3.63) is 59.5 Å². The van der Waals surface area contributed by atoms with Crippen molar-refractivity contribution in [2.45, 2.75) is 89.1 Å². The second-order valence-electron chi connectivity index (χ2n) is 11.9. The lowest BCUT2D eigenvalue weighted by Gasteiger charge is -2.41. The molecule has 8 nitrogen and oxygen atoms in total. The van der Waals surface area contributed by atoms with E-state index < -0.39 is 18.0 Å². The minimum absolute atomic E-state index is 0.0149. The van der Waals surface area contributed by atoms with Crippen LogP contribution >= 0.6 is 0 Å². The van der Waals surface area contributed by atoms with E-state index in [4.69, 9.17) is 4.52 Å². The number of rotatable bonds is 9. The highest BCUT2D eigenvalue weighted by molar-refractivity contribution is 5.97. The fourth-order valence-electron chi connectivity index (χ4n) is 6.68. The predicted molar refractivity (Wildman–Crippen MR) is 153 cm³/mol. The van der Waals surface area contributed by atoms with Gasteiger partial charge in [-0.05, 0) is 42.2 Å². The molecule has 2 aliphatic carbocycles. The number of fused-ring (bicyclic) bond motifs is 2. The molecule has 1 aromatic carbocycles. The Morgan fingerprint density at radius 3 is 2.52 bits per heavy atom. The van der Waals surface area contributed by atoms with Crippen molar-refractivity contribution in [2.24, 2.45) is 11.8 Å². The zero-order valence-corrected chi connectivity index (χ0v) is 23.7. The second kappa shape index (κ2) is 12.4. The van der Waals surface area contributed by atoms with Crippen molar-refractivity contribution in [3.8, 4) is 0 Å². The van der Waals surface area contributed by atoms with Gasteiger partial charge in [-0.15, -0.1) is 0 Å². The molecule has 40 heavy (non-hydrogen) atoms. The summed E-state index contributed by atoms with van der Waals surface area (Å²) in [7, 11) is 0. The Balaban J connectivity index is 1.27. The number of carbonyl (C=O) groups excluding carboxylic acids is 3. The largest absolute Gasteiger partial charge is 0.364 e. The van der Waals surface area contributed by atoms with E-state index in [1.807, 2.05) is 18.7 Å². The summed E-state index contributed by atoms with van der Waals surface area (Å²) in [6.07, 6.45) is 14.5. The van der Waals surface area contributed by atoms with E-state index in [9.17, 15) is 14.4 Å². The van der Waals surface area contributed by atoms with Crippen LogP contribution in [0.3, 0.4) is 0 Å². The molecule has 3 amide bonds. The van der Waals surface area contributed by atoms with Crippen LogP contribution in [0.25, 0.3) is 6.08 Å². The molecule has 214 valence electrons. The maximum Gasteiger partial charge on any atom is 0.274 e. The van der Waals surface area contributed by atoms with Crippen molar-refractivity contribution in [3.63, 3.8) is 0 Å². The lowest BCUT2D eigenvalue weighted by Crippen LogP contribution is -2.58. The van der Waals surface area contributed by atoms with Gasteiger partial charge in [-0.25, -0.2) is 0 Å². The predicted octanol–water partition coefficient (Wildman–Crippen LogP) is 4.86. The van der Waals surface area contributed by atoms with Crippen molar-refractivity contribution >= 4 is 23.8 Å². The molecule has 1 spiro atoms. The first-order valence-electron chi connectivity index (χ1n) is 15.0. The lowest BCUT2D eigenvalue weighted by atomic mass is 9.74. The number of amides is 3. The van der Waals surface area contributed by atoms with Crippen LogP contribution in [0.2, 0.25) is 0 Å². The summed E-state index contributed by atoms with van der Waals surface area (Å²) in [6, 6.07) is 8.61. The van der Waals surface area contributed by atoms with Crippen molar-refractivity contribution < 1.29 is 18.9 Å². The van der Waals surface area contributed by atoms with Crippen LogP contribution in [-0.4, -0.2) is 53.0 Å². The van der Waals surface area contributed by atoms with Crippen LogP contribution in [0.5, 0.6) is 0 Å². The number of hydrogen-bond acceptors (Lipinski definition) is 5. The van der Waals surface area contributed by atoms with E-state index in [1.165, 1.54) is 29.9 Å². The number of likely N-dealkylation sites (tertiary alicyclic amines) is 1. The van der Waals surface area contributed by atoms with Crippen LogP contribution in [0.15, 0.2) is 47.2 Å². The zero-order valence-electron chi connectivity index (χ0n) is 23.7. The smallest absolute Gasteiger partial charge is 0.274 e. The van der Waals surface area contributed by atoms with Gasteiger partial charge in [0.15, 0.2) is 5.69 Å². The third-order valence-corrected chi connectivity index (χ3v) is 9.41. The van der Waals surface area contributed by atoms with E-state index in [-0.39, 0.29) is 28.8 Å². The van der Waals surface area contributed by atoms with Gasteiger partial charge in [0, 0.05) is 24.6 Å². The van der Waals surface area contributed by atoms with Crippen LogP contribution in [0, 0.1) is 11.8 Å². The van der Waals surface area contributed by atoms with Gasteiger partial charge in [-0.3, -0.25) is 14.4 Å². The average Bonchev–Trinajstić information content (AvgIpc) is 3.65. The summed E-state index contributed by atoms with van der Waals surface area (Å²) in [5.74, 6) is -0.460. The molecule has 0 radical (unpaired) electrons. The topological polar surface area (TPSA) is 105 Å². The molecular formula is C32H42N4O4. The van der Waals surface area contributed by atoms with Gasteiger partial charge in [0.25, 0.3) is 5.91 Å². The third-order valence-electron chi connectivity index (χ3n) is 9.41. The van der Waals surface area contributed by atoms with Crippen LogP contribution in [0.4, 0.5) is 0 Å². The zero-order chi connectivity index (χ0) is 28.1. The van der Waals surface area contributed by atoms with Crippen LogP contribution in [-0.2, 0) is 15.0 Å². The Kier molecular flexibility index (Phi) is 8.72. The van der Waals surface area contributed by atoms with Gasteiger partial charge in [0.05, 0.1) is 0 Å². The number of allylic oxidation sites excluding steroid dienone is 1. The van der Waals surface area contributed by atoms with Crippen molar-refractivity contribution in [2.75, 3.05) is 13.1 Å². The summed E-state index contributed by atoms with van der Waals surface area (Å²) < 4.78 is 4.83. The molecule has 0 unspecified atom stereocenters. The number of nitrogens with zero attached hydrogens (tertiary/aromatic N) is 2. The van der Waals surface area contributed by atoms with Gasteiger partial charge in [0.2, 0.25) is 11.8 Å². The quantitative estimate of drug-likeness (QED) is 0.467. The number of benzene rings is 1. The van der Waals surface area contributed by atoms with Crippen LogP contribution in [0.1, 0.15) is 93.3 Å². The summed E-state index contributed by atoms with van der Waals surface area (Å²) in [4.78, 5) is 42.4. The van der Waals surface area contributed by atoms with Gasteiger partial charge < -0.3 is 20.1 Å². The summed E-state index contributed by atoms with van der Waals surface area (Å²) in [6.45, 7) is 5.34. The van der Waals surface area contributed by atoms with E-state index in [2.05, 4.69) is 52.2 Å². The average molecular weight is 547 g/mol. The number of hydrogen-bond donors (Lipinski definition) is 2. The monoisotopic (exact) mass is 546 g/mol. The molecule has 2 aromatic rings. The highest BCUT2D eigenvalue weighted by Crippen LogP contribution is 2.43. The first-order valence-corrected chi connectivity index (χ1v) is 15.0.